The Morgan fingerprint density at radius 1 is 0.979 bits per heavy atom. The molecule has 0 aliphatic rings. The number of amides is 1. The number of rotatable bonds is 9. The van der Waals surface area contributed by atoms with Crippen LogP contribution >= 0.6 is 0 Å². The Bertz CT molecular complexity index is 2260. The number of nitrogens with two attached hydrogens (primary N) is 1. The van der Waals surface area contributed by atoms with Crippen molar-refractivity contribution < 1.29 is 26.7 Å². The van der Waals surface area contributed by atoms with Crippen molar-refractivity contribution in [3.05, 3.63) is 102 Å². The van der Waals surface area contributed by atoms with Crippen LogP contribution in [0.2, 0.25) is 0 Å². The number of ether oxygens (including phenoxy) is 1. The van der Waals surface area contributed by atoms with Crippen molar-refractivity contribution in [3.8, 4) is 28.8 Å². The minimum Gasteiger partial charge on any atom is -0.421 e. The molecular formula is C32H26F2N8O4S. The van der Waals surface area contributed by atoms with E-state index in [1.165, 1.54) is 47.6 Å². The summed E-state index contributed by atoms with van der Waals surface area (Å²) in [5.41, 5.74) is 8.38. The Morgan fingerprint density at radius 3 is 2.49 bits per heavy atom. The number of anilines is 2. The SMILES string of the molecule is Cc1ccnc(Oc2ccc(-n3c(-c4ncc(NC(=O)CCS(=O)(=O)c5ccccc5)cc4F)c(C)c4ncnc(N)c43)cc2F)n1. The summed E-state index contributed by atoms with van der Waals surface area (Å²) in [7, 11) is -3.69. The summed E-state index contributed by atoms with van der Waals surface area (Å²) in [5.74, 6) is -2.73. The van der Waals surface area contributed by atoms with Gasteiger partial charge < -0.3 is 20.4 Å². The first kappa shape index (κ1) is 31.2. The molecule has 0 aliphatic carbocycles. The molecular weight excluding hydrogens is 630 g/mol. The van der Waals surface area contributed by atoms with Gasteiger partial charge in [-0.15, -0.1) is 0 Å². The lowest BCUT2D eigenvalue weighted by atomic mass is 10.1. The maximum atomic E-state index is 15.8. The van der Waals surface area contributed by atoms with Gasteiger partial charge in [0.25, 0.3) is 0 Å². The number of fused-ring (bicyclic) bond motifs is 1. The smallest absolute Gasteiger partial charge is 0.322 e. The fourth-order valence-corrected chi connectivity index (χ4v) is 6.24. The van der Waals surface area contributed by atoms with Gasteiger partial charge in [0, 0.05) is 41.7 Å². The molecule has 47 heavy (non-hydrogen) atoms. The quantitative estimate of drug-likeness (QED) is 0.207. The van der Waals surface area contributed by atoms with E-state index in [4.69, 9.17) is 10.5 Å². The van der Waals surface area contributed by atoms with Crippen LogP contribution in [-0.4, -0.2) is 49.6 Å². The fraction of sp³-hybridized carbons (Fsp3) is 0.125. The van der Waals surface area contributed by atoms with Crippen molar-refractivity contribution in [1.29, 1.82) is 0 Å². The summed E-state index contributed by atoms with van der Waals surface area (Å²) in [6.45, 7) is 3.43. The van der Waals surface area contributed by atoms with Crippen LogP contribution in [0.1, 0.15) is 17.7 Å². The van der Waals surface area contributed by atoms with Crippen LogP contribution in [0.25, 0.3) is 28.1 Å². The first-order valence-corrected chi connectivity index (χ1v) is 15.8. The molecule has 0 saturated carbocycles. The van der Waals surface area contributed by atoms with E-state index in [1.54, 1.807) is 44.2 Å². The molecule has 4 aromatic heterocycles. The first-order chi connectivity index (χ1) is 22.5. The Hall–Kier alpha value is -5.83. The van der Waals surface area contributed by atoms with Crippen LogP contribution in [0.4, 0.5) is 20.3 Å². The van der Waals surface area contributed by atoms with Crippen molar-refractivity contribution in [1.82, 2.24) is 29.5 Å². The first-order valence-electron chi connectivity index (χ1n) is 14.1. The average molecular weight is 657 g/mol. The molecule has 6 rings (SSSR count). The van der Waals surface area contributed by atoms with E-state index in [0.717, 1.165) is 6.07 Å². The highest BCUT2D eigenvalue weighted by molar-refractivity contribution is 7.91. The molecule has 12 nitrogen and oxygen atoms in total. The number of nitrogen functional groups attached to an aromatic ring is 1. The predicted molar refractivity (Wildman–Crippen MR) is 170 cm³/mol. The molecule has 3 N–H and O–H groups in total. The van der Waals surface area contributed by atoms with Crippen LogP contribution < -0.4 is 15.8 Å². The zero-order valence-corrected chi connectivity index (χ0v) is 25.8. The van der Waals surface area contributed by atoms with Gasteiger partial charge >= 0.3 is 6.01 Å². The van der Waals surface area contributed by atoms with Crippen LogP contribution in [-0.2, 0) is 14.6 Å². The molecule has 0 fully saturated rings. The Balaban J connectivity index is 1.32. The lowest BCUT2D eigenvalue weighted by molar-refractivity contribution is -0.115. The third-order valence-corrected chi connectivity index (χ3v) is 8.94. The number of hydrogen-bond acceptors (Lipinski definition) is 10. The highest BCUT2D eigenvalue weighted by Gasteiger charge is 2.25. The molecule has 0 saturated heterocycles. The maximum Gasteiger partial charge on any atom is 0.322 e. The Labute approximate surface area is 267 Å². The van der Waals surface area contributed by atoms with E-state index in [-0.39, 0.29) is 51.7 Å². The number of aromatic nitrogens is 6. The van der Waals surface area contributed by atoms with Crippen molar-refractivity contribution >= 4 is 38.3 Å². The highest BCUT2D eigenvalue weighted by atomic mass is 32.2. The number of aryl methyl sites for hydroxylation is 2. The molecule has 238 valence electrons. The van der Waals surface area contributed by atoms with E-state index in [1.807, 2.05) is 0 Å². The van der Waals surface area contributed by atoms with Gasteiger partial charge in [0.2, 0.25) is 5.91 Å². The fourth-order valence-electron chi connectivity index (χ4n) is 4.98. The number of carbonyl (C=O) groups excluding carboxylic acids is 1. The summed E-state index contributed by atoms with van der Waals surface area (Å²) in [6.07, 6.45) is 3.63. The topological polar surface area (TPSA) is 168 Å². The number of pyridine rings is 1. The maximum absolute atomic E-state index is 15.8. The molecule has 0 atom stereocenters. The summed E-state index contributed by atoms with van der Waals surface area (Å²) >= 11 is 0. The van der Waals surface area contributed by atoms with Gasteiger partial charge in [0.15, 0.2) is 33.0 Å². The summed E-state index contributed by atoms with van der Waals surface area (Å²) in [4.78, 5) is 33.5. The molecule has 0 spiro atoms. The highest BCUT2D eigenvalue weighted by Crippen LogP contribution is 2.38. The van der Waals surface area contributed by atoms with Gasteiger partial charge in [-0.25, -0.2) is 42.1 Å². The van der Waals surface area contributed by atoms with Gasteiger partial charge in [-0.05, 0) is 44.2 Å². The second-order valence-electron chi connectivity index (χ2n) is 10.4. The lowest BCUT2D eigenvalue weighted by Crippen LogP contribution is -2.17. The number of hydrogen-bond donors (Lipinski definition) is 2. The molecule has 0 aliphatic heterocycles. The molecule has 15 heteroatoms. The minimum atomic E-state index is -3.69. The molecule has 4 heterocycles. The molecule has 1 amide bonds. The van der Waals surface area contributed by atoms with Crippen LogP contribution in [0.3, 0.4) is 0 Å². The zero-order valence-electron chi connectivity index (χ0n) is 25.0. The van der Waals surface area contributed by atoms with Gasteiger partial charge in [-0.3, -0.25) is 4.79 Å². The predicted octanol–water partition coefficient (Wildman–Crippen LogP) is 5.34. The van der Waals surface area contributed by atoms with Crippen molar-refractivity contribution in [2.75, 3.05) is 16.8 Å². The number of carbonyl (C=O) groups is 1. The van der Waals surface area contributed by atoms with E-state index >= 15 is 8.78 Å². The minimum absolute atomic E-state index is 0.0129. The summed E-state index contributed by atoms with van der Waals surface area (Å²) in [5, 5.41) is 2.49. The third kappa shape index (κ3) is 6.33. The van der Waals surface area contributed by atoms with E-state index in [9.17, 15) is 13.2 Å². The molecule has 6 aromatic rings. The normalized spacial score (nSPS) is 11.5. The zero-order chi connectivity index (χ0) is 33.3. The van der Waals surface area contributed by atoms with Crippen LogP contribution in [0, 0.1) is 25.5 Å². The van der Waals surface area contributed by atoms with Crippen LogP contribution in [0.5, 0.6) is 11.8 Å². The van der Waals surface area contributed by atoms with Gasteiger partial charge in [0.1, 0.15) is 17.5 Å². The van der Waals surface area contributed by atoms with E-state index in [2.05, 4.69) is 30.2 Å². The van der Waals surface area contributed by atoms with Crippen molar-refractivity contribution in [3.63, 3.8) is 0 Å². The second kappa shape index (κ2) is 12.5. The van der Waals surface area contributed by atoms with Crippen LogP contribution in [0.15, 0.2) is 84.3 Å². The summed E-state index contributed by atoms with van der Waals surface area (Å²) in [6, 6.07) is 14.6. The molecule has 0 radical (unpaired) electrons. The standard InChI is InChI=1S/C32H26F2N8O4S/c1-18-10-12-36-32(40-18)46-25-9-8-21(15-23(25)33)42-29(19(2)27-30(42)31(35)39-17-38-27)28-24(34)14-20(16-37-28)41-26(43)11-13-47(44,45)22-6-4-3-5-7-22/h3-10,12,14-17H,11,13H2,1-2H3,(H,41,43)(H2,35,38,39). The van der Waals surface area contributed by atoms with Gasteiger partial charge in [0.05, 0.1) is 33.7 Å². The molecule has 0 bridgehead atoms. The number of sulfone groups is 1. The molecule has 2 aromatic carbocycles. The Morgan fingerprint density at radius 2 is 1.77 bits per heavy atom. The van der Waals surface area contributed by atoms with E-state index in [0.29, 0.717) is 22.3 Å². The largest absolute Gasteiger partial charge is 0.421 e. The van der Waals surface area contributed by atoms with Crippen molar-refractivity contribution in [2.45, 2.75) is 25.2 Å². The Kier molecular flexibility index (Phi) is 8.30. The number of nitrogens with zero attached hydrogens (tertiary/aromatic N) is 6. The number of nitrogens with one attached hydrogen (secondary N) is 1. The third-order valence-electron chi connectivity index (χ3n) is 7.21. The number of benzene rings is 2. The van der Waals surface area contributed by atoms with E-state index < -0.39 is 33.1 Å². The van der Waals surface area contributed by atoms with Crippen molar-refractivity contribution in [2.24, 2.45) is 0 Å². The number of halogens is 2. The lowest BCUT2D eigenvalue weighted by Gasteiger charge is -2.14. The molecule has 0 unspecified atom stereocenters. The monoisotopic (exact) mass is 656 g/mol. The average Bonchev–Trinajstić information content (AvgIpc) is 3.34. The van der Waals surface area contributed by atoms with Gasteiger partial charge in [-0.2, -0.15) is 0 Å². The second-order valence-corrected chi connectivity index (χ2v) is 12.6. The summed E-state index contributed by atoms with van der Waals surface area (Å²) < 4.78 is 63.4. The van der Waals surface area contributed by atoms with Gasteiger partial charge in [-0.1, -0.05) is 18.2 Å².